The number of carbonyl (C=O) groups excluding carboxylic acids is 2. The van der Waals surface area contributed by atoms with E-state index < -0.39 is 34.1 Å². The van der Waals surface area contributed by atoms with Crippen molar-refractivity contribution in [2.24, 2.45) is 0 Å². The van der Waals surface area contributed by atoms with E-state index in [-0.39, 0.29) is 23.0 Å². The predicted molar refractivity (Wildman–Crippen MR) is 161 cm³/mol. The van der Waals surface area contributed by atoms with Gasteiger partial charge in [-0.2, -0.15) is 0 Å². The van der Waals surface area contributed by atoms with Crippen molar-refractivity contribution in [3.8, 4) is 0 Å². The van der Waals surface area contributed by atoms with Crippen molar-refractivity contribution >= 4 is 39.1 Å². The molecule has 0 fully saturated rings. The Balaban J connectivity index is 2.08. The Labute approximate surface area is 243 Å². The summed E-state index contributed by atoms with van der Waals surface area (Å²) in [6.45, 7) is 10.9. The number of amides is 2. The van der Waals surface area contributed by atoms with Crippen molar-refractivity contribution in [1.29, 1.82) is 0 Å². The highest BCUT2D eigenvalue weighted by Gasteiger charge is 2.34. The molecule has 9 heteroatoms. The fourth-order valence-electron chi connectivity index (χ4n) is 4.25. The van der Waals surface area contributed by atoms with Gasteiger partial charge in [-0.1, -0.05) is 72.6 Å². The third-order valence-corrected chi connectivity index (χ3v) is 8.61. The van der Waals surface area contributed by atoms with Crippen molar-refractivity contribution in [1.82, 2.24) is 10.2 Å². The lowest BCUT2D eigenvalue weighted by Crippen LogP contribution is -2.55. The normalized spacial score (nSPS) is 12.5. The van der Waals surface area contributed by atoms with Gasteiger partial charge in [0.2, 0.25) is 11.8 Å². The number of halogens is 1. The maximum Gasteiger partial charge on any atom is 0.264 e. The molecule has 0 aliphatic rings. The maximum atomic E-state index is 14.1. The van der Waals surface area contributed by atoms with Crippen molar-refractivity contribution < 1.29 is 18.0 Å². The SMILES string of the molecule is CC[C@H](C(=O)NC(C)(C)C)N(Cc1ccc(C)cc1)C(=O)CN(c1ccc(C)c(Cl)c1)S(=O)(=O)c1ccccc1. The van der Waals surface area contributed by atoms with E-state index in [1.165, 1.54) is 17.0 Å². The van der Waals surface area contributed by atoms with Crippen LogP contribution in [-0.4, -0.2) is 43.3 Å². The summed E-state index contributed by atoms with van der Waals surface area (Å²) in [6.07, 6.45) is 0.349. The molecule has 3 rings (SSSR count). The quantitative estimate of drug-likeness (QED) is 0.323. The van der Waals surface area contributed by atoms with Gasteiger partial charge < -0.3 is 10.2 Å². The van der Waals surface area contributed by atoms with Crippen LogP contribution in [0, 0.1) is 13.8 Å². The number of nitrogens with one attached hydrogen (secondary N) is 1. The number of anilines is 1. The highest BCUT2D eigenvalue weighted by atomic mass is 35.5. The zero-order valence-corrected chi connectivity index (χ0v) is 25.5. The minimum absolute atomic E-state index is 0.0436. The van der Waals surface area contributed by atoms with Crippen molar-refractivity contribution in [2.45, 2.75) is 71.0 Å². The van der Waals surface area contributed by atoms with Crippen molar-refractivity contribution in [3.05, 3.63) is 94.5 Å². The van der Waals surface area contributed by atoms with E-state index in [0.29, 0.717) is 11.4 Å². The molecule has 0 saturated heterocycles. The van der Waals surface area contributed by atoms with Crippen LogP contribution in [0.1, 0.15) is 50.8 Å². The summed E-state index contributed by atoms with van der Waals surface area (Å²) in [7, 11) is -4.15. The predicted octanol–water partition coefficient (Wildman–Crippen LogP) is 5.87. The van der Waals surface area contributed by atoms with Crippen LogP contribution in [0.4, 0.5) is 5.69 Å². The van der Waals surface area contributed by atoms with Gasteiger partial charge in [-0.25, -0.2) is 8.42 Å². The van der Waals surface area contributed by atoms with Crippen LogP contribution in [0.25, 0.3) is 0 Å². The molecule has 1 atom stereocenters. The van der Waals surface area contributed by atoms with Crippen molar-refractivity contribution in [2.75, 3.05) is 10.8 Å². The van der Waals surface area contributed by atoms with E-state index in [1.54, 1.807) is 36.4 Å². The smallest absolute Gasteiger partial charge is 0.264 e. The molecular formula is C31H38ClN3O4S. The summed E-state index contributed by atoms with van der Waals surface area (Å²) in [6, 6.07) is 19.7. The highest BCUT2D eigenvalue weighted by Crippen LogP contribution is 2.28. The molecule has 2 amide bonds. The van der Waals surface area contributed by atoms with E-state index in [9.17, 15) is 18.0 Å². The van der Waals surface area contributed by atoms with Gasteiger partial charge in [0.1, 0.15) is 12.6 Å². The van der Waals surface area contributed by atoms with E-state index in [0.717, 1.165) is 21.0 Å². The molecule has 214 valence electrons. The Morgan fingerprint density at radius 2 is 1.57 bits per heavy atom. The van der Waals surface area contributed by atoms with Gasteiger partial charge in [-0.15, -0.1) is 0 Å². The minimum Gasteiger partial charge on any atom is -0.350 e. The van der Waals surface area contributed by atoms with Crippen LogP contribution in [0.15, 0.2) is 77.7 Å². The summed E-state index contributed by atoms with van der Waals surface area (Å²) in [5.41, 5.74) is 2.42. The van der Waals surface area contributed by atoms with Gasteiger partial charge in [0.25, 0.3) is 10.0 Å². The number of rotatable bonds is 10. The summed E-state index contributed by atoms with van der Waals surface area (Å²) < 4.78 is 28.8. The lowest BCUT2D eigenvalue weighted by atomic mass is 10.1. The van der Waals surface area contributed by atoms with Gasteiger partial charge in [0.15, 0.2) is 0 Å². The summed E-state index contributed by atoms with van der Waals surface area (Å²) in [4.78, 5) is 29.0. The lowest BCUT2D eigenvalue weighted by molar-refractivity contribution is -0.141. The van der Waals surface area contributed by atoms with Crippen LogP contribution in [0.5, 0.6) is 0 Å². The Morgan fingerprint density at radius 1 is 0.950 bits per heavy atom. The molecule has 7 nitrogen and oxygen atoms in total. The molecular weight excluding hydrogens is 546 g/mol. The third-order valence-electron chi connectivity index (χ3n) is 6.41. The molecule has 0 aliphatic heterocycles. The summed E-state index contributed by atoms with van der Waals surface area (Å²) >= 11 is 6.38. The zero-order valence-electron chi connectivity index (χ0n) is 23.9. The fourth-order valence-corrected chi connectivity index (χ4v) is 5.85. The number of carbonyl (C=O) groups is 2. The van der Waals surface area contributed by atoms with Gasteiger partial charge in [-0.05, 0) is 76.4 Å². The van der Waals surface area contributed by atoms with Gasteiger partial charge in [0.05, 0.1) is 10.6 Å². The summed E-state index contributed by atoms with van der Waals surface area (Å²) in [5.74, 6) is -0.806. The lowest BCUT2D eigenvalue weighted by Gasteiger charge is -2.35. The van der Waals surface area contributed by atoms with Gasteiger partial charge in [-0.3, -0.25) is 13.9 Å². The Hall–Kier alpha value is -3.36. The minimum atomic E-state index is -4.15. The van der Waals surface area contributed by atoms with Gasteiger partial charge in [0, 0.05) is 17.1 Å². The standard InChI is InChI=1S/C31H38ClN3O4S/c1-7-28(30(37)33-31(4,5)6)34(20-24-16-13-22(2)14-17-24)29(36)21-35(25-18-15-23(3)27(32)19-25)40(38,39)26-11-9-8-10-12-26/h8-19,28H,7,20-21H2,1-6H3,(H,33,37)/t28-/m1/s1. The van der Waals surface area contributed by atoms with E-state index >= 15 is 0 Å². The van der Waals surface area contributed by atoms with Crippen molar-refractivity contribution in [3.63, 3.8) is 0 Å². The second-order valence-corrected chi connectivity index (χ2v) is 13.2. The maximum absolute atomic E-state index is 14.1. The Kier molecular flexibility index (Phi) is 10.0. The molecule has 0 heterocycles. The largest absolute Gasteiger partial charge is 0.350 e. The monoisotopic (exact) mass is 583 g/mol. The first-order valence-electron chi connectivity index (χ1n) is 13.2. The summed E-state index contributed by atoms with van der Waals surface area (Å²) in [5, 5.41) is 3.35. The first-order chi connectivity index (χ1) is 18.7. The van der Waals surface area contributed by atoms with E-state index in [1.807, 2.05) is 65.8 Å². The van der Waals surface area contributed by atoms with Crippen LogP contribution in [0.2, 0.25) is 5.02 Å². The van der Waals surface area contributed by atoms with E-state index in [4.69, 9.17) is 11.6 Å². The van der Waals surface area contributed by atoms with Crippen LogP contribution in [-0.2, 0) is 26.2 Å². The fraction of sp³-hybridized carbons (Fsp3) is 0.355. The first-order valence-corrected chi connectivity index (χ1v) is 15.1. The molecule has 0 spiro atoms. The van der Waals surface area contributed by atoms with Crippen LogP contribution >= 0.6 is 11.6 Å². The zero-order chi connectivity index (χ0) is 29.7. The Bertz CT molecular complexity index is 1440. The number of hydrogen-bond donors (Lipinski definition) is 1. The average molecular weight is 584 g/mol. The van der Waals surface area contributed by atoms with Crippen LogP contribution < -0.4 is 9.62 Å². The molecule has 0 aromatic heterocycles. The molecule has 3 aromatic rings. The Morgan fingerprint density at radius 3 is 2.12 bits per heavy atom. The number of benzene rings is 3. The van der Waals surface area contributed by atoms with E-state index in [2.05, 4.69) is 5.32 Å². The molecule has 0 bridgehead atoms. The average Bonchev–Trinajstić information content (AvgIpc) is 2.89. The number of hydrogen-bond acceptors (Lipinski definition) is 4. The number of aryl methyl sites for hydroxylation is 2. The molecule has 3 aromatic carbocycles. The number of nitrogens with zero attached hydrogens (tertiary/aromatic N) is 2. The van der Waals surface area contributed by atoms with Gasteiger partial charge >= 0.3 is 0 Å². The molecule has 0 radical (unpaired) electrons. The molecule has 0 aliphatic carbocycles. The second kappa shape index (κ2) is 12.9. The van der Waals surface area contributed by atoms with Crippen LogP contribution in [0.3, 0.4) is 0 Å². The third kappa shape index (κ3) is 7.86. The molecule has 0 unspecified atom stereocenters. The molecule has 0 saturated carbocycles. The first kappa shape index (κ1) is 31.2. The highest BCUT2D eigenvalue weighted by molar-refractivity contribution is 7.92. The number of sulfonamides is 1. The topological polar surface area (TPSA) is 86.8 Å². The molecule has 1 N–H and O–H groups in total. The second-order valence-electron chi connectivity index (χ2n) is 10.9. The molecule has 40 heavy (non-hydrogen) atoms.